The Balaban J connectivity index is 1.55. The maximum Gasteiger partial charge on any atom is 0.103 e. The smallest absolute Gasteiger partial charge is 0.103 e. The molecule has 0 saturated carbocycles. The molecule has 0 radical (unpaired) electrons. The van der Waals surface area contributed by atoms with Crippen LogP contribution in [0.25, 0.3) is 0 Å². The Morgan fingerprint density at radius 3 is 3.20 bits per heavy atom. The van der Waals surface area contributed by atoms with Gasteiger partial charge in [-0.3, -0.25) is 4.68 Å². The van der Waals surface area contributed by atoms with E-state index in [9.17, 15) is 0 Å². The van der Waals surface area contributed by atoms with Gasteiger partial charge in [0.05, 0.1) is 5.69 Å². The fourth-order valence-corrected chi connectivity index (χ4v) is 4.08. The Bertz CT molecular complexity index is 568. The maximum atomic E-state index is 5.89. The van der Waals surface area contributed by atoms with Crippen molar-refractivity contribution in [3.63, 3.8) is 0 Å². The Kier molecular flexibility index (Phi) is 4.55. The molecule has 0 aliphatic carbocycles. The molecule has 108 valence electrons. The highest BCUT2D eigenvalue weighted by atomic mass is 79.9. The minimum Gasteiger partial charge on any atom is -0.372 e. The van der Waals surface area contributed by atoms with Crippen molar-refractivity contribution in [2.24, 2.45) is 13.0 Å². The zero-order valence-electron chi connectivity index (χ0n) is 11.4. The zero-order valence-corrected chi connectivity index (χ0v) is 13.8. The summed E-state index contributed by atoms with van der Waals surface area (Å²) in [5.74, 6) is 0.522. The average Bonchev–Trinajstić information content (AvgIpc) is 3.12. The van der Waals surface area contributed by atoms with Crippen LogP contribution in [0.5, 0.6) is 0 Å². The van der Waals surface area contributed by atoms with E-state index in [1.165, 1.54) is 10.6 Å². The lowest BCUT2D eigenvalue weighted by Crippen LogP contribution is -2.25. The Morgan fingerprint density at radius 2 is 2.50 bits per heavy atom. The lowest BCUT2D eigenvalue weighted by atomic mass is 9.99. The van der Waals surface area contributed by atoms with E-state index in [1.54, 1.807) is 11.3 Å². The third kappa shape index (κ3) is 3.14. The molecule has 0 unspecified atom stereocenters. The number of aromatic nitrogens is 2. The highest BCUT2D eigenvalue weighted by molar-refractivity contribution is 9.10. The van der Waals surface area contributed by atoms with Crippen LogP contribution in [0.1, 0.15) is 23.1 Å². The summed E-state index contributed by atoms with van der Waals surface area (Å²) < 4.78 is 8.97. The van der Waals surface area contributed by atoms with Gasteiger partial charge in [0.1, 0.15) is 6.10 Å². The molecule has 1 aliphatic heterocycles. The van der Waals surface area contributed by atoms with Crippen LogP contribution in [0.3, 0.4) is 0 Å². The van der Waals surface area contributed by atoms with Crippen molar-refractivity contribution in [3.8, 4) is 0 Å². The van der Waals surface area contributed by atoms with Crippen LogP contribution in [0.15, 0.2) is 28.2 Å². The summed E-state index contributed by atoms with van der Waals surface area (Å²) >= 11 is 5.27. The highest BCUT2D eigenvalue weighted by Gasteiger charge is 2.31. The molecule has 3 rings (SSSR count). The summed E-state index contributed by atoms with van der Waals surface area (Å²) in [6, 6.07) is 4.22. The molecule has 0 amide bonds. The molecule has 0 bridgehead atoms. The average molecular weight is 356 g/mol. The number of halogens is 1. The standard InChI is InChI=1S/C14H18BrN3OS/c1-18-13(2-4-17-18)14-10(3-5-19-14)7-16-8-12-6-11(15)9-20-12/h2,4,6,9-10,14,16H,3,5,7-8H2,1H3/t10-,14+/m0/s1. The first-order valence-electron chi connectivity index (χ1n) is 6.77. The predicted molar refractivity (Wildman–Crippen MR) is 83.7 cm³/mol. The molecule has 1 fully saturated rings. The van der Waals surface area contributed by atoms with E-state index in [0.717, 1.165) is 30.6 Å². The molecule has 6 heteroatoms. The summed E-state index contributed by atoms with van der Waals surface area (Å²) in [6.07, 6.45) is 3.12. The maximum absolute atomic E-state index is 5.89. The van der Waals surface area contributed by atoms with E-state index >= 15 is 0 Å². The predicted octanol–water partition coefficient (Wildman–Crippen LogP) is 3.11. The Morgan fingerprint density at radius 1 is 1.60 bits per heavy atom. The summed E-state index contributed by atoms with van der Waals surface area (Å²) in [4.78, 5) is 1.35. The van der Waals surface area contributed by atoms with Crippen molar-refractivity contribution >= 4 is 27.3 Å². The largest absolute Gasteiger partial charge is 0.372 e. The van der Waals surface area contributed by atoms with Gasteiger partial charge in [0.25, 0.3) is 0 Å². The molecule has 1 N–H and O–H groups in total. The van der Waals surface area contributed by atoms with E-state index in [-0.39, 0.29) is 6.10 Å². The Hall–Kier alpha value is -0.690. The van der Waals surface area contributed by atoms with Crippen LogP contribution in [0.2, 0.25) is 0 Å². The molecular weight excluding hydrogens is 338 g/mol. The molecule has 0 aromatic carbocycles. The van der Waals surface area contributed by atoms with Crippen LogP contribution in [0.4, 0.5) is 0 Å². The molecule has 2 aromatic heterocycles. The molecule has 1 saturated heterocycles. The summed E-state index contributed by atoms with van der Waals surface area (Å²) in [5, 5.41) is 9.91. The van der Waals surface area contributed by atoms with Gasteiger partial charge in [-0.15, -0.1) is 11.3 Å². The molecule has 3 heterocycles. The topological polar surface area (TPSA) is 39.1 Å². The van der Waals surface area contributed by atoms with Crippen LogP contribution in [-0.4, -0.2) is 22.9 Å². The number of hydrogen-bond donors (Lipinski definition) is 1. The molecular formula is C14H18BrN3OS. The molecule has 2 aromatic rings. The molecule has 20 heavy (non-hydrogen) atoms. The van der Waals surface area contributed by atoms with Gasteiger partial charge < -0.3 is 10.1 Å². The van der Waals surface area contributed by atoms with Crippen LogP contribution >= 0.6 is 27.3 Å². The first-order valence-corrected chi connectivity index (χ1v) is 8.44. The third-order valence-electron chi connectivity index (χ3n) is 3.69. The van der Waals surface area contributed by atoms with E-state index in [2.05, 4.69) is 43.9 Å². The SMILES string of the molecule is Cn1nccc1[C@@H]1OCC[C@H]1CNCc1cc(Br)cs1. The van der Waals surface area contributed by atoms with Crippen molar-refractivity contribution in [1.29, 1.82) is 0 Å². The van der Waals surface area contributed by atoms with Gasteiger partial charge in [0.15, 0.2) is 0 Å². The number of thiophene rings is 1. The summed E-state index contributed by atoms with van der Waals surface area (Å²) in [5.41, 5.74) is 1.17. The van der Waals surface area contributed by atoms with Gasteiger partial charge in [-0.25, -0.2) is 0 Å². The lowest BCUT2D eigenvalue weighted by Gasteiger charge is -2.19. The van der Waals surface area contributed by atoms with Crippen LogP contribution < -0.4 is 5.32 Å². The molecule has 1 aliphatic rings. The molecule has 2 atom stereocenters. The quantitative estimate of drug-likeness (QED) is 0.895. The summed E-state index contributed by atoms with van der Waals surface area (Å²) in [6.45, 7) is 2.74. The fourth-order valence-electron chi connectivity index (χ4n) is 2.66. The monoisotopic (exact) mass is 355 g/mol. The third-order valence-corrected chi connectivity index (χ3v) is 5.39. The van der Waals surface area contributed by atoms with Gasteiger partial charge in [-0.2, -0.15) is 5.10 Å². The number of ether oxygens (including phenoxy) is 1. The van der Waals surface area contributed by atoms with E-state index in [0.29, 0.717) is 5.92 Å². The van der Waals surface area contributed by atoms with Gasteiger partial charge in [-0.05, 0) is 34.5 Å². The molecule has 0 spiro atoms. The van der Waals surface area contributed by atoms with Crippen LogP contribution in [-0.2, 0) is 18.3 Å². The number of rotatable bonds is 5. The highest BCUT2D eigenvalue weighted by Crippen LogP contribution is 2.33. The lowest BCUT2D eigenvalue weighted by molar-refractivity contribution is 0.0838. The second kappa shape index (κ2) is 6.39. The van der Waals surface area contributed by atoms with Crippen molar-refractivity contribution in [2.45, 2.75) is 19.1 Å². The number of nitrogens with zero attached hydrogens (tertiary/aromatic N) is 2. The van der Waals surface area contributed by atoms with Crippen molar-refractivity contribution in [2.75, 3.05) is 13.2 Å². The van der Waals surface area contributed by atoms with Crippen LogP contribution in [0, 0.1) is 5.92 Å². The van der Waals surface area contributed by atoms with E-state index in [1.807, 2.05) is 17.9 Å². The van der Waals surface area contributed by atoms with Gasteiger partial charge in [-0.1, -0.05) is 0 Å². The van der Waals surface area contributed by atoms with E-state index in [4.69, 9.17) is 4.74 Å². The van der Waals surface area contributed by atoms with Crippen molar-refractivity contribution < 1.29 is 4.74 Å². The van der Waals surface area contributed by atoms with Crippen molar-refractivity contribution in [3.05, 3.63) is 38.8 Å². The minimum atomic E-state index is 0.171. The number of hydrogen-bond acceptors (Lipinski definition) is 4. The number of nitrogens with one attached hydrogen (secondary N) is 1. The normalized spacial score (nSPS) is 22.5. The van der Waals surface area contributed by atoms with Gasteiger partial charge in [0.2, 0.25) is 0 Å². The first kappa shape index (κ1) is 14.3. The van der Waals surface area contributed by atoms with E-state index < -0.39 is 0 Å². The first-order chi connectivity index (χ1) is 9.74. The number of aryl methyl sites for hydroxylation is 1. The zero-order chi connectivity index (χ0) is 13.9. The second-order valence-corrected chi connectivity index (χ2v) is 6.99. The van der Waals surface area contributed by atoms with Crippen molar-refractivity contribution in [1.82, 2.24) is 15.1 Å². The van der Waals surface area contributed by atoms with Gasteiger partial charge in [0, 0.05) is 53.6 Å². The fraction of sp³-hybridized carbons (Fsp3) is 0.500. The summed E-state index contributed by atoms with van der Waals surface area (Å²) in [7, 11) is 1.98. The molecule has 4 nitrogen and oxygen atoms in total. The van der Waals surface area contributed by atoms with Gasteiger partial charge >= 0.3 is 0 Å². The Labute approximate surface area is 131 Å². The minimum absolute atomic E-state index is 0.171. The second-order valence-electron chi connectivity index (χ2n) is 5.08.